The van der Waals surface area contributed by atoms with Gasteiger partial charge in [-0.1, -0.05) is 47.0 Å². The van der Waals surface area contributed by atoms with Gasteiger partial charge in [0.15, 0.2) is 0 Å². The second-order valence-electron chi connectivity index (χ2n) is 6.53. The van der Waals surface area contributed by atoms with E-state index in [1.54, 1.807) is 0 Å². The molecule has 118 valence electrons. The van der Waals surface area contributed by atoms with Crippen molar-refractivity contribution in [3.05, 3.63) is 69.0 Å². The Labute approximate surface area is 142 Å². The maximum absolute atomic E-state index is 6.24. The largest absolute Gasteiger partial charge is 0.316 e. The highest BCUT2D eigenvalue weighted by Gasteiger charge is 2.23. The van der Waals surface area contributed by atoms with Crippen molar-refractivity contribution in [2.24, 2.45) is 0 Å². The number of pyridine rings is 1. The summed E-state index contributed by atoms with van der Waals surface area (Å²) in [6.07, 6.45) is 4.29. The maximum atomic E-state index is 6.24. The summed E-state index contributed by atoms with van der Waals surface area (Å²) in [6.45, 7) is 4.27. The molecule has 0 bridgehead atoms. The first-order valence-electron chi connectivity index (χ1n) is 8.41. The van der Waals surface area contributed by atoms with Gasteiger partial charge in [-0.05, 0) is 68.5 Å². The van der Waals surface area contributed by atoms with Crippen molar-refractivity contribution in [3.63, 3.8) is 0 Å². The van der Waals surface area contributed by atoms with Gasteiger partial charge in [0.1, 0.15) is 5.15 Å². The van der Waals surface area contributed by atoms with Gasteiger partial charge in [-0.3, -0.25) is 0 Å². The van der Waals surface area contributed by atoms with E-state index in [-0.39, 0.29) is 0 Å². The number of nitrogens with zero attached hydrogens (tertiary/aromatic N) is 1. The molecule has 2 aromatic rings. The smallest absolute Gasteiger partial charge is 0.129 e. The van der Waals surface area contributed by atoms with Gasteiger partial charge in [-0.15, -0.1) is 0 Å². The van der Waals surface area contributed by atoms with E-state index in [1.165, 1.54) is 33.4 Å². The number of halogens is 1. The highest BCUT2D eigenvalue weighted by Crippen LogP contribution is 2.37. The number of fused-ring (bicyclic) bond motifs is 2. The second-order valence-corrected chi connectivity index (χ2v) is 6.92. The molecule has 1 saturated heterocycles. The molecule has 2 nitrogen and oxygen atoms in total. The van der Waals surface area contributed by atoms with Crippen LogP contribution in [0.1, 0.15) is 40.8 Å². The quantitative estimate of drug-likeness (QED) is 0.730. The molecule has 0 saturated carbocycles. The Morgan fingerprint density at radius 1 is 0.957 bits per heavy atom. The molecule has 1 N–H and O–H groups in total. The van der Waals surface area contributed by atoms with Crippen molar-refractivity contribution >= 4 is 17.2 Å². The molecule has 23 heavy (non-hydrogen) atoms. The van der Waals surface area contributed by atoms with Gasteiger partial charge in [0.05, 0.1) is 5.69 Å². The molecule has 0 amide bonds. The summed E-state index contributed by atoms with van der Waals surface area (Å²) in [4.78, 5) is 4.74. The zero-order valence-electron chi connectivity index (χ0n) is 13.5. The van der Waals surface area contributed by atoms with E-state index in [1.807, 2.05) is 6.07 Å². The lowest BCUT2D eigenvalue weighted by Gasteiger charge is -2.22. The Morgan fingerprint density at radius 2 is 1.74 bits per heavy atom. The molecular weight excluding hydrogens is 304 g/mol. The van der Waals surface area contributed by atoms with Gasteiger partial charge < -0.3 is 5.32 Å². The number of hydrogen-bond acceptors (Lipinski definition) is 2. The van der Waals surface area contributed by atoms with E-state index >= 15 is 0 Å². The summed E-state index contributed by atoms with van der Waals surface area (Å²) in [6, 6.07) is 10.9. The molecule has 0 unspecified atom stereocenters. The predicted octanol–water partition coefficient (Wildman–Crippen LogP) is 4.33. The van der Waals surface area contributed by atoms with Crippen LogP contribution >= 0.6 is 11.6 Å². The predicted molar refractivity (Wildman–Crippen MR) is 96.0 cm³/mol. The normalized spacial score (nSPS) is 17.5. The highest BCUT2D eigenvalue weighted by atomic mass is 35.5. The zero-order valence-corrected chi connectivity index (χ0v) is 14.2. The fourth-order valence-electron chi connectivity index (χ4n) is 3.79. The molecule has 1 aromatic heterocycles. The van der Waals surface area contributed by atoms with E-state index in [2.05, 4.69) is 36.5 Å². The lowest BCUT2D eigenvalue weighted by molar-refractivity contribution is 0.611. The molecule has 0 atom stereocenters. The summed E-state index contributed by atoms with van der Waals surface area (Å²) in [5.41, 5.74) is 9.43. The number of rotatable bonds is 0. The topological polar surface area (TPSA) is 24.9 Å². The van der Waals surface area contributed by atoms with Crippen molar-refractivity contribution < 1.29 is 0 Å². The first-order valence-corrected chi connectivity index (χ1v) is 8.78. The van der Waals surface area contributed by atoms with Gasteiger partial charge >= 0.3 is 0 Å². The molecule has 1 aromatic carbocycles. The minimum absolute atomic E-state index is 0.589. The van der Waals surface area contributed by atoms with Crippen LogP contribution in [0.3, 0.4) is 0 Å². The number of nitrogens with one attached hydrogen (secondary N) is 1. The van der Waals surface area contributed by atoms with Crippen LogP contribution in [0.15, 0.2) is 35.9 Å². The molecule has 0 radical (unpaired) electrons. The van der Waals surface area contributed by atoms with E-state index in [9.17, 15) is 0 Å². The Hall–Kier alpha value is -1.64. The fraction of sp³-hybridized carbons (Fsp3) is 0.350. The summed E-state index contributed by atoms with van der Waals surface area (Å²) in [5.74, 6) is 0. The van der Waals surface area contributed by atoms with Gasteiger partial charge in [-0.2, -0.15) is 0 Å². The van der Waals surface area contributed by atoms with Crippen LogP contribution in [-0.4, -0.2) is 18.1 Å². The van der Waals surface area contributed by atoms with Crippen molar-refractivity contribution in [2.45, 2.75) is 32.6 Å². The monoisotopic (exact) mass is 324 g/mol. The number of aromatic nitrogens is 1. The molecule has 1 aliphatic carbocycles. The Balaban J connectivity index is 1.99. The van der Waals surface area contributed by atoms with Crippen LogP contribution in [-0.2, 0) is 12.8 Å². The number of benzene rings is 1. The average Bonchev–Trinajstić information content (AvgIpc) is 2.72. The Bertz CT molecular complexity index is 784. The minimum atomic E-state index is 0.589. The molecule has 1 aliphatic heterocycles. The first-order chi connectivity index (χ1) is 11.2. The van der Waals surface area contributed by atoms with Crippen LogP contribution in [0.2, 0.25) is 5.15 Å². The van der Waals surface area contributed by atoms with Crippen LogP contribution in [0, 0.1) is 6.92 Å². The zero-order chi connectivity index (χ0) is 15.8. The third-order valence-corrected chi connectivity index (χ3v) is 5.15. The molecule has 2 aliphatic rings. The summed E-state index contributed by atoms with van der Waals surface area (Å²) in [7, 11) is 0. The van der Waals surface area contributed by atoms with Crippen molar-refractivity contribution in [2.75, 3.05) is 13.1 Å². The van der Waals surface area contributed by atoms with Crippen molar-refractivity contribution in [1.82, 2.24) is 10.3 Å². The first kappa shape index (κ1) is 14.9. The van der Waals surface area contributed by atoms with Gasteiger partial charge in [-0.25, -0.2) is 4.98 Å². The molecule has 2 heterocycles. The van der Waals surface area contributed by atoms with E-state index in [0.717, 1.165) is 44.5 Å². The van der Waals surface area contributed by atoms with E-state index in [0.29, 0.717) is 5.15 Å². The summed E-state index contributed by atoms with van der Waals surface area (Å²) >= 11 is 6.24. The van der Waals surface area contributed by atoms with E-state index < -0.39 is 0 Å². The minimum Gasteiger partial charge on any atom is -0.316 e. The number of aryl methyl sites for hydroxylation is 3. The molecule has 0 spiro atoms. The lowest BCUT2D eigenvalue weighted by atomic mass is 9.88. The number of piperidine rings is 1. The van der Waals surface area contributed by atoms with Crippen LogP contribution in [0.25, 0.3) is 5.57 Å². The molecule has 3 heteroatoms. The van der Waals surface area contributed by atoms with Crippen LogP contribution in [0.4, 0.5) is 0 Å². The van der Waals surface area contributed by atoms with Gasteiger partial charge in [0, 0.05) is 5.57 Å². The van der Waals surface area contributed by atoms with Crippen LogP contribution < -0.4 is 5.32 Å². The van der Waals surface area contributed by atoms with Crippen molar-refractivity contribution in [3.8, 4) is 0 Å². The summed E-state index contributed by atoms with van der Waals surface area (Å²) in [5, 5.41) is 4.05. The third-order valence-electron chi connectivity index (χ3n) is 4.94. The average molecular weight is 325 g/mol. The van der Waals surface area contributed by atoms with E-state index in [4.69, 9.17) is 16.6 Å². The fourth-order valence-corrected chi connectivity index (χ4v) is 3.94. The Morgan fingerprint density at radius 3 is 2.57 bits per heavy atom. The number of hydrogen-bond donors (Lipinski definition) is 1. The van der Waals surface area contributed by atoms with Gasteiger partial charge in [0.25, 0.3) is 0 Å². The van der Waals surface area contributed by atoms with Gasteiger partial charge in [0.2, 0.25) is 0 Å². The molecule has 4 rings (SSSR count). The SMILES string of the molecule is Cc1ccc2c(c1)CCc1ccc(Cl)nc1C2=C1CCNCC1. The molecule has 1 fully saturated rings. The third kappa shape index (κ3) is 2.82. The standard InChI is InChI=1S/C20H21ClN2/c1-13-2-6-17-16(12-13)4-3-15-5-7-18(21)23-20(15)19(17)14-8-10-22-11-9-14/h2,5-7,12,22H,3-4,8-11H2,1H3. The highest BCUT2D eigenvalue weighted by molar-refractivity contribution is 6.29. The molecular formula is C20H21ClN2. The Kier molecular flexibility index (Phi) is 3.96. The lowest BCUT2D eigenvalue weighted by Crippen LogP contribution is -2.24. The van der Waals surface area contributed by atoms with Crippen molar-refractivity contribution in [1.29, 1.82) is 0 Å². The second kappa shape index (κ2) is 6.10. The maximum Gasteiger partial charge on any atom is 0.129 e. The van der Waals surface area contributed by atoms with Crippen LogP contribution in [0.5, 0.6) is 0 Å². The summed E-state index contributed by atoms with van der Waals surface area (Å²) < 4.78 is 0.